The van der Waals surface area contributed by atoms with Crippen LogP contribution in [0.25, 0.3) is 0 Å². The van der Waals surface area contributed by atoms with Gasteiger partial charge in [0.25, 0.3) is 0 Å². The minimum Gasteiger partial charge on any atom is -0.468 e. The Hall–Kier alpha value is -1.55. The smallest absolute Gasteiger partial charge is 0.325 e. The van der Waals surface area contributed by atoms with Crippen LogP contribution in [0.3, 0.4) is 0 Å². The molecular formula is C17H28N2O2. The number of carbonyl (C=O) groups is 1. The zero-order valence-corrected chi connectivity index (χ0v) is 13.7. The first kappa shape index (κ1) is 17.5. The third kappa shape index (κ3) is 5.38. The molecule has 0 fully saturated rings. The Morgan fingerprint density at radius 1 is 1.29 bits per heavy atom. The summed E-state index contributed by atoms with van der Waals surface area (Å²) in [5.74, 6) is -0.339. The molecule has 0 aliphatic carbocycles. The Bertz CT molecular complexity index is 441. The molecule has 0 heterocycles. The van der Waals surface area contributed by atoms with E-state index in [1.165, 1.54) is 18.4 Å². The first-order chi connectivity index (χ1) is 9.90. The number of unbranched alkanes of at least 4 members (excludes halogenated alkanes) is 1. The van der Waals surface area contributed by atoms with Gasteiger partial charge in [-0.3, -0.25) is 4.79 Å². The summed E-state index contributed by atoms with van der Waals surface area (Å²) in [7, 11) is 1.38. The van der Waals surface area contributed by atoms with Gasteiger partial charge in [-0.2, -0.15) is 0 Å². The first-order valence-electron chi connectivity index (χ1n) is 7.59. The highest BCUT2D eigenvalue weighted by Crippen LogP contribution is 2.17. The highest BCUT2D eigenvalue weighted by molar-refractivity contribution is 5.79. The summed E-state index contributed by atoms with van der Waals surface area (Å²) < 4.78 is 4.72. The molecule has 0 aromatic heterocycles. The minimum atomic E-state index is -0.879. The number of nitrogens with zero attached hydrogens (tertiary/aromatic N) is 1. The fraction of sp³-hybridized carbons (Fsp3) is 0.588. The molecule has 1 rings (SSSR count). The molecule has 1 aromatic rings. The molecular weight excluding hydrogens is 264 g/mol. The van der Waals surface area contributed by atoms with Gasteiger partial charge in [-0.15, -0.1) is 0 Å². The van der Waals surface area contributed by atoms with Gasteiger partial charge in [0.2, 0.25) is 0 Å². The number of nitrogens with two attached hydrogens (primary N) is 1. The maximum Gasteiger partial charge on any atom is 0.325 e. The normalized spacial score (nSPS) is 13.6. The van der Waals surface area contributed by atoms with Gasteiger partial charge in [-0.05, 0) is 52.2 Å². The molecule has 1 unspecified atom stereocenters. The van der Waals surface area contributed by atoms with E-state index in [2.05, 4.69) is 43.0 Å². The van der Waals surface area contributed by atoms with Crippen LogP contribution in [0.1, 0.15) is 38.7 Å². The van der Waals surface area contributed by atoms with Crippen LogP contribution in [-0.4, -0.2) is 31.7 Å². The average molecular weight is 292 g/mol. The molecule has 0 aliphatic rings. The lowest BCUT2D eigenvalue weighted by Crippen LogP contribution is -2.45. The van der Waals surface area contributed by atoms with Crippen molar-refractivity contribution in [3.8, 4) is 0 Å². The van der Waals surface area contributed by atoms with Crippen LogP contribution in [0.2, 0.25) is 0 Å². The van der Waals surface area contributed by atoms with E-state index in [9.17, 15) is 4.79 Å². The van der Waals surface area contributed by atoms with Crippen LogP contribution in [0, 0.1) is 6.92 Å². The Balaban J connectivity index is 2.43. The number of methoxy groups -OCH3 is 1. The summed E-state index contributed by atoms with van der Waals surface area (Å²) in [6.07, 6.45) is 2.56. The highest BCUT2D eigenvalue weighted by atomic mass is 16.5. The number of hydrogen-bond acceptors (Lipinski definition) is 4. The molecule has 0 bridgehead atoms. The van der Waals surface area contributed by atoms with E-state index < -0.39 is 5.54 Å². The molecule has 1 aromatic carbocycles. The van der Waals surface area contributed by atoms with Crippen LogP contribution >= 0.6 is 0 Å². The van der Waals surface area contributed by atoms with Crippen LogP contribution in [0.4, 0.5) is 5.69 Å². The monoisotopic (exact) mass is 292 g/mol. The van der Waals surface area contributed by atoms with Crippen LogP contribution in [0.15, 0.2) is 24.3 Å². The topological polar surface area (TPSA) is 55.6 Å². The molecule has 0 saturated heterocycles. The van der Waals surface area contributed by atoms with Gasteiger partial charge in [0, 0.05) is 18.8 Å². The van der Waals surface area contributed by atoms with Crippen LogP contribution in [-0.2, 0) is 9.53 Å². The molecule has 4 heteroatoms. The average Bonchev–Trinajstić information content (AvgIpc) is 2.47. The summed E-state index contributed by atoms with van der Waals surface area (Å²) >= 11 is 0. The second kappa shape index (κ2) is 8.03. The van der Waals surface area contributed by atoms with Crippen molar-refractivity contribution in [3.63, 3.8) is 0 Å². The second-order valence-corrected chi connectivity index (χ2v) is 5.78. The van der Waals surface area contributed by atoms with E-state index in [0.717, 1.165) is 25.9 Å². The lowest BCUT2D eigenvalue weighted by molar-refractivity contribution is -0.146. The van der Waals surface area contributed by atoms with Crippen molar-refractivity contribution < 1.29 is 9.53 Å². The summed E-state index contributed by atoms with van der Waals surface area (Å²) in [5, 5.41) is 0. The van der Waals surface area contributed by atoms with Crippen molar-refractivity contribution in [2.45, 2.75) is 45.6 Å². The lowest BCUT2D eigenvalue weighted by atomic mass is 9.96. The molecule has 118 valence electrons. The van der Waals surface area contributed by atoms with Gasteiger partial charge in [0.05, 0.1) is 7.11 Å². The molecule has 2 N–H and O–H groups in total. The molecule has 4 nitrogen and oxygen atoms in total. The van der Waals surface area contributed by atoms with Crippen molar-refractivity contribution in [3.05, 3.63) is 29.8 Å². The number of ether oxygens (including phenoxy) is 1. The zero-order valence-electron chi connectivity index (χ0n) is 13.7. The largest absolute Gasteiger partial charge is 0.468 e. The molecule has 0 spiro atoms. The summed E-state index contributed by atoms with van der Waals surface area (Å²) in [5.41, 5.74) is 7.59. The summed E-state index contributed by atoms with van der Waals surface area (Å²) in [4.78, 5) is 13.9. The van der Waals surface area contributed by atoms with Gasteiger partial charge in [0.1, 0.15) is 5.54 Å². The van der Waals surface area contributed by atoms with Gasteiger partial charge in [-0.25, -0.2) is 0 Å². The molecule has 0 amide bonds. The number of aryl methyl sites for hydroxylation is 1. The van der Waals surface area contributed by atoms with E-state index in [4.69, 9.17) is 10.5 Å². The Kier molecular flexibility index (Phi) is 6.69. The van der Waals surface area contributed by atoms with Gasteiger partial charge in [-0.1, -0.05) is 17.7 Å². The number of anilines is 1. The number of carbonyl (C=O) groups excluding carboxylic acids is 1. The van der Waals surface area contributed by atoms with Crippen LogP contribution in [0.5, 0.6) is 0 Å². The first-order valence-corrected chi connectivity index (χ1v) is 7.59. The van der Waals surface area contributed by atoms with Crippen molar-refractivity contribution in [2.75, 3.05) is 25.1 Å². The third-order valence-electron chi connectivity index (χ3n) is 3.81. The van der Waals surface area contributed by atoms with Crippen molar-refractivity contribution >= 4 is 11.7 Å². The Morgan fingerprint density at radius 2 is 1.90 bits per heavy atom. The lowest BCUT2D eigenvalue weighted by Gasteiger charge is -2.25. The van der Waals surface area contributed by atoms with E-state index in [0.29, 0.717) is 6.42 Å². The highest BCUT2D eigenvalue weighted by Gasteiger charge is 2.28. The second-order valence-electron chi connectivity index (χ2n) is 5.78. The summed E-state index contributed by atoms with van der Waals surface area (Å²) in [6.45, 7) is 7.92. The Labute approximate surface area is 128 Å². The predicted octanol–water partition coefficient (Wildman–Crippen LogP) is 2.88. The quantitative estimate of drug-likeness (QED) is 0.591. The van der Waals surface area contributed by atoms with E-state index in [1.54, 1.807) is 6.92 Å². The molecule has 0 radical (unpaired) electrons. The van der Waals surface area contributed by atoms with Crippen LogP contribution < -0.4 is 10.6 Å². The van der Waals surface area contributed by atoms with Gasteiger partial charge < -0.3 is 15.4 Å². The molecule has 0 aliphatic heterocycles. The van der Waals surface area contributed by atoms with E-state index in [1.807, 2.05) is 0 Å². The molecule has 0 saturated carbocycles. The van der Waals surface area contributed by atoms with Crippen molar-refractivity contribution in [1.29, 1.82) is 0 Å². The van der Waals surface area contributed by atoms with E-state index in [-0.39, 0.29) is 5.97 Å². The number of rotatable bonds is 8. The number of hydrogen-bond donors (Lipinski definition) is 1. The standard InChI is InChI=1S/C17H28N2O2/c1-5-19(15-10-8-14(2)9-11-15)13-7-6-12-17(3,18)16(20)21-4/h8-11H,5-7,12-13,18H2,1-4H3. The van der Waals surface area contributed by atoms with Gasteiger partial charge >= 0.3 is 5.97 Å². The van der Waals surface area contributed by atoms with E-state index >= 15 is 0 Å². The van der Waals surface area contributed by atoms with Gasteiger partial charge in [0.15, 0.2) is 0 Å². The zero-order chi connectivity index (χ0) is 15.9. The number of benzene rings is 1. The van der Waals surface area contributed by atoms with Crippen molar-refractivity contribution in [1.82, 2.24) is 0 Å². The minimum absolute atomic E-state index is 0.339. The van der Waals surface area contributed by atoms with Crippen molar-refractivity contribution in [2.24, 2.45) is 5.73 Å². The number of esters is 1. The SMILES string of the molecule is CCN(CCCCC(C)(N)C(=O)OC)c1ccc(C)cc1. The predicted molar refractivity (Wildman–Crippen MR) is 87.5 cm³/mol. The summed E-state index contributed by atoms with van der Waals surface area (Å²) in [6, 6.07) is 8.57. The maximum atomic E-state index is 11.5. The molecule has 1 atom stereocenters. The Morgan fingerprint density at radius 3 is 2.43 bits per heavy atom. The third-order valence-corrected chi connectivity index (χ3v) is 3.81. The molecule has 21 heavy (non-hydrogen) atoms. The fourth-order valence-corrected chi connectivity index (χ4v) is 2.36. The fourth-order valence-electron chi connectivity index (χ4n) is 2.36. The maximum absolute atomic E-state index is 11.5.